The van der Waals surface area contributed by atoms with Crippen molar-refractivity contribution in [3.63, 3.8) is 0 Å². The van der Waals surface area contributed by atoms with Crippen molar-refractivity contribution >= 4 is 65.0 Å². The van der Waals surface area contributed by atoms with Crippen molar-refractivity contribution in [3.05, 3.63) is 12.2 Å². The zero-order valence-corrected chi connectivity index (χ0v) is 55.6. The largest absolute Gasteiger partial charge is 0.390 e. The van der Waals surface area contributed by atoms with Gasteiger partial charge in [-0.3, -0.25) is 52.7 Å². The molecule has 1 saturated heterocycles. The summed E-state index contributed by atoms with van der Waals surface area (Å²) in [5.41, 5.74) is 0. The summed E-state index contributed by atoms with van der Waals surface area (Å²) in [6.45, 7) is 24.5. The van der Waals surface area contributed by atoms with Gasteiger partial charge in [-0.15, -0.1) is 0 Å². The molecule has 0 bridgehead atoms. The normalized spacial score (nSPS) is 27.6. The number of allylic oxidation sites excluding steroid dienone is 2. The van der Waals surface area contributed by atoms with Crippen molar-refractivity contribution in [1.29, 1.82) is 0 Å². The maximum atomic E-state index is 15.2. The van der Waals surface area contributed by atoms with Gasteiger partial charge in [0.05, 0.1) is 12.6 Å². The van der Waals surface area contributed by atoms with Gasteiger partial charge in [-0.1, -0.05) is 109 Å². The molecule has 0 aliphatic carbocycles. The fraction of sp³-hybridized carbons (Fsp3) is 0.790. The van der Waals surface area contributed by atoms with Gasteiger partial charge in [-0.25, -0.2) is 0 Å². The van der Waals surface area contributed by atoms with Gasteiger partial charge in [0, 0.05) is 53.4 Å². The van der Waals surface area contributed by atoms with E-state index in [0.29, 0.717) is 0 Å². The van der Waals surface area contributed by atoms with E-state index in [-0.39, 0.29) is 62.2 Å². The van der Waals surface area contributed by atoms with Crippen molar-refractivity contribution < 1.29 is 62.0 Å². The van der Waals surface area contributed by atoms with Crippen LogP contribution >= 0.6 is 0 Å². The molecule has 0 radical (unpaired) electrons. The van der Waals surface area contributed by atoms with Crippen molar-refractivity contribution in [1.82, 2.24) is 55.6 Å². The fourth-order valence-electron chi connectivity index (χ4n) is 10.6. The smallest absolute Gasteiger partial charge is 0.246 e. The molecule has 0 aromatic heterocycles. The molecule has 5 N–H and O–H groups in total. The fourth-order valence-corrected chi connectivity index (χ4v) is 10.6. The summed E-state index contributed by atoms with van der Waals surface area (Å²) in [5, 5.41) is 23.0. The molecule has 0 unspecified atom stereocenters. The number of amides is 11. The van der Waals surface area contributed by atoms with Gasteiger partial charge in [0.25, 0.3) is 0 Å². The predicted octanol–water partition coefficient (Wildman–Crippen LogP) is 3.27. The second kappa shape index (κ2) is 34.9. The van der Waals surface area contributed by atoms with Crippen LogP contribution in [0.15, 0.2) is 12.2 Å². The third-order valence-electron chi connectivity index (χ3n) is 16.0. The van der Waals surface area contributed by atoms with Crippen LogP contribution in [0.25, 0.3) is 0 Å². The summed E-state index contributed by atoms with van der Waals surface area (Å²) >= 11 is 0. The van der Waals surface area contributed by atoms with Gasteiger partial charge in [0.15, 0.2) is 0 Å². The molecule has 1 fully saturated rings. The zero-order chi connectivity index (χ0) is 68.5. The molecular formula is C62H111N11O12. The van der Waals surface area contributed by atoms with E-state index < -0.39 is 163 Å². The average molecular weight is 1210 g/mol. The van der Waals surface area contributed by atoms with E-state index in [0.717, 1.165) is 15.9 Å². The third kappa shape index (κ3) is 21.7. The Morgan fingerprint density at radius 1 is 0.482 bits per heavy atom. The lowest BCUT2D eigenvalue weighted by atomic mass is 9.91. The molecule has 23 nitrogen and oxygen atoms in total. The zero-order valence-electron chi connectivity index (χ0n) is 58.6. The molecule has 0 saturated carbocycles. The Labute approximate surface area is 513 Å². The van der Waals surface area contributed by atoms with Gasteiger partial charge in [-0.2, -0.15) is 0 Å². The molecule has 1 aliphatic rings. The number of aliphatic hydroxyl groups is 1. The van der Waals surface area contributed by atoms with E-state index in [4.69, 9.17) is 4.11 Å². The van der Waals surface area contributed by atoms with Crippen molar-refractivity contribution in [2.75, 3.05) is 55.9 Å². The van der Waals surface area contributed by atoms with Gasteiger partial charge in [0.1, 0.15) is 60.4 Å². The first kappa shape index (κ1) is 71.4. The summed E-state index contributed by atoms with van der Waals surface area (Å²) < 4.78 is 23.0. The van der Waals surface area contributed by atoms with Gasteiger partial charge in [-0.05, 0) is 101 Å². The molecule has 1 aliphatic heterocycles. The van der Waals surface area contributed by atoms with Crippen molar-refractivity contribution in [2.24, 2.45) is 41.4 Å². The van der Waals surface area contributed by atoms with Crippen molar-refractivity contribution in [2.45, 2.75) is 223 Å². The van der Waals surface area contributed by atoms with E-state index >= 15 is 9.59 Å². The minimum absolute atomic E-state index is 0.0438. The third-order valence-corrected chi connectivity index (χ3v) is 16.0. The van der Waals surface area contributed by atoms with Crippen molar-refractivity contribution in [3.8, 4) is 0 Å². The first-order chi connectivity index (χ1) is 40.4. The molecule has 11 amide bonds. The first-order valence-corrected chi connectivity index (χ1v) is 30.3. The minimum Gasteiger partial charge on any atom is -0.390 e. The Hall–Kier alpha value is -6.13. The SMILES string of the molecule is [2H]C([2H])([2H])/C=C/C[C@@H](C)[C@@H](O)[C@H]1C(=O)N[C@@H](CC)C(=O)N(C)CC(=O)N(C)[C@@H](CC(C)C)C(=O)N[C@@H](C(C)C)C(=O)N(C)[C@@H](CC(C)C)C(=O)N[C@@H](C)C(=O)N[C@H](C)C(=O)N(C)[C@@H](CC(C)C)C(=O)N(C)[C@@H](CC(C)C)C(=O)N(C)[C@@H](C(C)C)C(=O)N1C. The number of nitrogens with one attached hydrogen (secondary N) is 4. The highest BCUT2D eigenvalue weighted by molar-refractivity contribution is 5.99. The molecule has 0 aromatic carbocycles. The lowest BCUT2D eigenvalue weighted by Gasteiger charge is -2.41. The maximum absolute atomic E-state index is 15.2. The van der Waals surface area contributed by atoms with Crippen LogP contribution in [-0.4, -0.2) is 227 Å². The van der Waals surface area contributed by atoms with Gasteiger partial charge in [0.2, 0.25) is 65.0 Å². The van der Waals surface area contributed by atoms with E-state index in [1.54, 1.807) is 41.5 Å². The van der Waals surface area contributed by atoms with Crippen LogP contribution in [0.2, 0.25) is 0 Å². The number of carbonyl (C=O) groups excluding carboxylic acids is 11. The standard InChI is InChI=1S/C62H111N11O12/c1-25-27-28-40(15)52(75)51-56(79)65-43(26-2)58(81)67(18)33-48(74)68(19)44(29-34(3)4)55(78)66-49(38(11)12)61(84)69(20)45(30-35(5)6)54(77)63-41(16)53(76)64-42(17)57(80)70(21)46(31-36(7)8)59(82)71(22)47(32-37(9)10)60(83)72(23)50(39(13)14)62(85)73(51)24/h25,27,34-47,49-52,75H,26,28-33H2,1-24H3,(H,63,77)(H,64,76)(H,65,79)(H,66,78)/b27-25+/t40-,41+,42-,43+,44+,45+,46+,47+,49+,50+,51+,52-/m1/s1/i1D3. The summed E-state index contributed by atoms with van der Waals surface area (Å²) in [7, 11) is 9.65. The summed E-state index contributed by atoms with van der Waals surface area (Å²) in [6.07, 6.45) is 0.988. The van der Waals surface area contributed by atoms with Crippen LogP contribution in [0, 0.1) is 41.4 Å². The van der Waals surface area contributed by atoms with Crippen LogP contribution in [0.5, 0.6) is 0 Å². The van der Waals surface area contributed by atoms with E-state index in [9.17, 15) is 48.3 Å². The van der Waals surface area contributed by atoms with Crippen LogP contribution in [0.1, 0.15) is 160 Å². The molecule has 0 spiro atoms. The Bertz CT molecular complexity index is 2440. The lowest BCUT2D eigenvalue weighted by molar-refractivity contribution is -0.157. The highest BCUT2D eigenvalue weighted by Crippen LogP contribution is 2.26. The molecule has 1 heterocycles. The van der Waals surface area contributed by atoms with Gasteiger partial charge >= 0.3 is 0 Å². The van der Waals surface area contributed by atoms with Crippen LogP contribution in [0.3, 0.4) is 0 Å². The molecule has 0 aromatic rings. The number of carbonyl (C=O) groups is 11. The molecule has 23 heteroatoms. The minimum atomic E-state index is -2.46. The lowest BCUT2D eigenvalue weighted by Crippen LogP contribution is -2.63. The van der Waals surface area contributed by atoms with E-state index in [1.165, 1.54) is 93.8 Å². The number of hydrogen-bond acceptors (Lipinski definition) is 12. The molecule has 1 rings (SSSR count). The maximum Gasteiger partial charge on any atom is 0.246 e. The topological polar surface area (TPSA) is 279 Å². The molecular weight excluding hydrogens is 1090 g/mol. The monoisotopic (exact) mass is 1200 g/mol. The Balaban J connectivity index is 4.37. The molecule has 12 atom stereocenters. The summed E-state index contributed by atoms with van der Waals surface area (Å²) in [5.74, 6) is -10.7. The summed E-state index contributed by atoms with van der Waals surface area (Å²) in [6, 6.07) is -12.9. The second-order valence-electron chi connectivity index (χ2n) is 25.9. The Morgan fingerprint density at radius 3 is 1.36 bits per heavy atom. The average Bonchev–Trinajstić information content (AvgIpc) is 3.63. The number of rotatable bonds is 15. The number of hydrogen-bond donors (Lipinski definition) is 5. The van der Waals surface area contributed by atoms with Crippen LogP contribution in [0.4, 0.5) is 0 Å². The van der Waals surface area contributed by atoms with E-state index in [1.807, 2.05) is 55.4 Å². The molecule has 85 heavy (non-hydrogen) atoms. The molecule has 486 valence electrons. The number of aliphatic hydroxyl groups excluding tert-OH is 1. The number of nitrogens with zero attached hydrogens (tertiary/aromatic N) is 7. The Kier molecular flexibility index (Phi) is 29.3. The van der Waals surface area contributed by atoms with Gasteiger partial charge < -0.3 is 60.7 Å². The number of likely N-dealkylation sites (N-methyl/N-ethyl adjacent to an activating group) is 7. The quantitative estimate of drug-likeness (QED) is 0.148. The van der Waals surface area contributed by atoms with Crippen LogP contribution in [-0.2, 0) is 52.7 Å². The van der Waals surface area contributed by atoms with Crippen LogP contribution < -0.4 is 21.3 Å². The summed E-state index contributed by atoms with van der Waals surface area (Å²) in [4.78, 5) is 169. The predicted molar refractivity (Wildman–Crippen MR) is 328 cm³/mol. The first-order valence-electron chi connectivity index (χ1n) is 31.8. The van der Waals surface area contributed by atoms with E-state index in [2.05, 4.69) is 21.3 Å². The Morgan fingerprint density at radius 2 is 0.906 bits per heavy atom. The highest BCUT2D eigenvalue weighted by Gasteiger charge is 2.45. The second-order valence-corrected chi connectivity index (χ2v) is 25.9. The highest BCUT2D eigenvalue weighted by atomic mass is 16.3.